The molecule has 7 nitrogen and oxygen atoms in total. The number of rotatable bonds is 3. The van der Waals surface area contributed by atoms with E-state index >= 15 is 0 Å². The van der Waals surface area contributed by atoms with E-state index in [1.165, 1.54) is 4.68 Å². The molecule has 0 aromatic carbocycles. The second-order valence-electron chi connectivity index (χ2n) is 3.77. The van der Waals surface area contributed by atoms with Crippen molar-refractivity contribution >= 4 is 34.5 Å². The van der Waals surface area contributed by atoms with E-state index in [9.17, 15) is 9.59 Å². The van der Waals surface area contributed by atoms with E-state index < -0.39 is 11.9 Å². The smallest absolute Gasteiger partial charge is 0.343 e. The Balaban J connectivity index is 2.43. The molecule has 0 radical (unpaired) electrons. The van der Waals surface area contributed by atoms with Crippen molar-refractivity contribution in [3.8, 4) is 0 Å². The number of hydrogen-bond acceptors (Lipinski definition) is 5. The number of esters is 1. The van der Waals surface area contributed by atoms with E-state index in [0.717, 1.165) is 0 Å². The molecule has 1 unspecified atom stereocenters. The van der Waals surface area contributed by atoms with E-state index in [0.29, 0.717) is 10.2 Å². The Morgan fingerprint density at radius 1 is 1.72 bits per heavy atom. The molecular formula is C10H12IN3O4. The fourth-order valence-corrected chi connectivity index (χ4v) is 2.53. The Bertz CT molecular complexity index is 500. The lowest BCUT2D eigenvalue weighted by molar-refractivity contribution is 0.0519. The fraction of sp³-hybridized carbons (Fsp3) is 0.500. The number of aromatic nitrogens is 2. The number of carbonyl (C=O) groups excluding carboxylic acids is 2. The maximum Gasteiger partial charge on any atom is 0.343 e. The van der Waals surface area contributed by atoms with Gasteiger partial charge in [-0.3, -0.25) is 9.48 Å². The molecule has 1 aromatic rings. The van der Waals surface area contributed by atoms with Gasteiger partial charge in [0.1, 0.15) is 15.0 Å². The average Bonchev–Trinajstić information content (AvgIpc) is 2.66. The average molecular weight is 365 g/mol. The topological polar surface area (TPSA) is 93.5 Å². The first kappa shape index (κ1) is 13.3. The van der Waals surface area contributed by atoms with Crippen molar-refractivity contribution in [2.75, 3.05) is 13.2 Å². The summed E-state index contributed by atoms with van der Waals surface area (Å²) in [5.41, 5.74) is 0.383. The summed E-state index contributed by atoms with van der Waals surface area (Å²) in [5, 5.41) is 15.8. The van der Waals surface area contributed by atoms with E-state index in [4.69, 9.17) is 9.84 Å². The number of nitrogens with zero attached hydrogens (tertiary/aromatic N) is 2. The maximum atomic E-state index is 11.9. The number of hydrogen-bond donors (Lipinski definition) is 2. The minimum Gasteiger partial charge on any atom is -0.462 e. The lowest BCUT2D eigenvalue weighted by Crippen LogP contribution is -2.47. The largest absolute Gasteiger partial charge is 0.462 e. The quantitative estimate of drug-likeness (QED) is 0.570. The fourth-order valence-electron chi connectivity index (χ4n) is 1.79. The van der Waals surface area contributed by atoms with E-state index in [1.807, 2.05) is 22.6 Å². The van der Waals surface area contributed by atoms with Gasteiger partial charge in [-0.15, -0.1) is 0 Å². The van der Waals surface area contributed by atoms with Crippen molar-refractivity contribution in [1.82, 2.24) is 15.1 Å². The molecule has 0 saturated carbocycles. The van der Waals surface area contributed by atoms with Gasteiger partial charge < -0.3 is 15.2 Å². The van der Waals surface area contributed by atoms with Gasteiger partial charge in [0.15, 0.2) is 0 Å². The van der Waals surface area contributed by atoms with Gasteiger partial charge in [-0.1, -0.05) is 0 Å². The van der Waals surface area contributed by atoms with Crippen LogP contribution in [0.5, 0.6) is 0 Å². The van der Waals surface area contributed by atoms with Crippen molar-refractivity contribution in [1.29, 1.82) is 0 Å². The molecule has 1 aromatic heterocycles. The molecule has 2 rings (SSSR count). The predicted octanol–water partition coefficient (Wildman–Crippen LogP) is -0.231. The number of carbonyl (C=O) groups is 2. The zero-order chi connectivity index (χ0) is 13.3. The number of fused-ring (bicyclic) bond motifs is 1. The summed E-state index contributed by atoms with van der Waals surface area (Å²) in [5.74, 6) is -0.973. The van der Waals surface area contributed by atoms with Gasteiger partial charge >= 0.3 is 5.97 Å². The Hall–Kier alpha value is -1.16. The molecule has 0 aliphatic carbocycles. The van der Waals surface area contributed by atoms with Crippen molar-refractivity contribution in [2.24, 2.45) is 0 Å². The Morgan fingerprint density at radius 2 is 2.44 bits per heavy atom. The third kappa shape index (κ3) is 2.21. The number of aliphatic hydroxyl groups is 1. The number of ether oxygens (including phenoxy) is 1. The van der Waals surface area contributed by atoms with Crippen LogP contribution in [0.2, 0.25) is 0 Å². The van der Waals surface area contributed by atoms with Gasteiger partial charge in [-0.05, 0) is 29.5 Å². The van der Waals surface area contributed by atoms with Gasteiger partial charge in [0.2, 0.25) is 0 Å². The SMILES string of the molecule is CCOC(=O)c1c(I)nn2c1C(=O)NC(CO)C2. The predicted molar refractivity (Wildman–Crippen MR) is 69.2 cm³/mol. The van der Waals surface area contributed by atoms with Crippen LogP contribution in [0.25, 0.3) is 0 Å². The highest BCUT2D eigenvalue weighted by Gasteiger charge is 2.33. The minimum atomic E-state index is -0.555. The van der Waals surface area contributed by atoms with Gasteiger partial charge in [0.25, 0.3) is 5.91 Å². The summed E-state index contributed by atoms with van der Waals surface area (Å²) in [7, 11) is 0. The summed E-state index contributed by atoms with van der Waals surface area (Å²) < 4.78 is 6.77. The third-order valence-electron chi connectivity index (χ3n) is 2.55. The monoisotopic (exact) mass is 365 g/mol. The number of aliphatic hydroxyl groups excluding tert-OH is 1. The molecule has 1 aliphatic heterocycles. The van der Waals surface area contributed by atoms with E-state index in [2.05, 4.69) is 10.4 Å². The summed E-state index contributed by atoms with van der Waals surface area (Å²) >= 11 is 1.89. The second kappa shape index (κ2) is 5.22. The zero-order valence-corrected chi connectivity index (χ0v) is 11.8. The Labute approximate surface area is 117 Å². The van der Waals surface area contributed by atoms with Gasteiger partial charge in [0.05, 0.1) is 25.8 Å². The molecule has 18 heavy (non-hydrogen) atoms. The van der Waals surface area contributed by atoms with Crippen LogP contribution in [-0.2, 0) is 11.3 Å². The Morgan fingerprint density at radius 3 is 3.06 bits per heavy atom. The van der Waals surface area contributed by atoms with Crippen molar-refractivity contribution in [3.05, 3.63) is 15.0 Å². The van der Waals surface area contributed by atoms with Crippen LogP contribution < -0.4 is 5.32 Å². The van der Waals surface area contributed by atoms with E-state index in [1.54, 1.807) is 6.92 Å². The van der Waals surface area contributed by atoms with Crippen LogP contribution in [-0.4, -0.2) is 46.0 Å². The van der Waals surface area contributed by atoms with Gasteiger partial charge in [-0.2, -0.15) is 5.10 Å². The van der Waals surface area contributed by atoms with Crippen LogP contribution in [0.3, 0.4) is 0 Å². The lowest BCUT2D eigenvalue weighted by atomic mass is 10.1. The summed E-state index contributed by atoms with van der Waals surface area (Å²) in [6.45, 7) is 2.10. The number of nitrogens with one attached hydrogen (secondary N) is 1. The molecule has 0 bridgehead atoms. The molecule has 1 amide bonds. The normalized spacial score (nSPS) is 18.2. The third-order valence-corrected chi connectivity index (χ3v) is 3.31. The first-order valence-electron chi connectivity index (χ1n) is 5.43. The highest BCUT2D eigenvalue weighted by Crippen LogP contribution is 2.21. The molecule has 1 aliphatic rings. The highest BCUT2D eigenvalue weighted by atomic mass is 127. The first-order valence-corrected chi connectivity index (χ1v) is 6.51. The molecule has 0 saturated heterocycles. The summed E-state index contributed by atoms with van der Waals surface area (Å²) in [4.78, 5) is 23.7. The van der Waals surface area contributed by atoms with E-state index in [-0.39, 0.29) is 30.5 Å². The summed E-state index contributed by atoms with van der Waals surface area (Å²) in [6.07, 6.45) is 0. The lowest BCUT2D eigenvalue weighted by Gasteiger charge is -2.23. The van der Waals surface area contributed by atoms with Gasteiger partial charge in [-0.25, -0.2) is 4.79 Å². The standard InChI is InChI=1S/C10H12IN3O4/c1-2-18-10(17)6-7-9(16)12-5(4-15)3-14(7)13-8(6)11/h5,15H,2-4H2,1H3,(H,12,16). The van der Waals surface area contributed by atoms with Crippen molar-refractivity contribution in [3.63, 3.8) is 0 Å². The molecule has 98 valence electrons. The molecule has 2 heterocycles. The van der Waals surface area contributed by atoms with Crippen molar-refractivity contribution < 1.29 is 19.4 Å². The molecule has 0 spiro atoms. The zero-order valence-electron chi connectivity index (χ0n) is 9.64. The van der Waals surface area contributed by atoms with Crippen LogP contribution in [0.15, 0.2) is 0 Å². The molecular weight excluding hydrogens is 353 g/mol. The van der Waals surface area contributed by atoms with Crippen LogP contribution in [0.1, 0.15) is 27.8 Å². The Kier molecular flexibility index (Phi) is 3.85. The van der Waals surface area contributed by atoms with Crippen LogP contribution in [0, 0.1) is 3.70 Å². The first-order chi connectivity index (χ1) is 8.58. The molecule has 0 fully saturated rings. The van der Waals surface area contributed by atoms with Gasteiger partial charge in [0, 0.05) is 0 Å². The molecule has 1 atom stereocenters. The minimum absolute atomic E-state index is 0.170. The highest BCUT2D eigenvalue weighted by molar-refractivity contribution is 14.1. The maximum absolute atomic E-state index is 11.9. The van der Waals surface area contributed by atoms with Crippen LogP contribution in [0.4, 0.5) is 0 Å². The number of amides is 1. The number of halogens is 1. The summed E-state index contributed by atoms with van der Waals surface area (Å²) in [6, 6.07) is -0.379. The molecule has 2 N–H and O–H groups in total. The van der Waals surface area contributed by atoms with Crippen LogP contribution >= 0.6 is 22.6 Å². The molecule has 8 heteroatoms. The second-order valence-corrected chi connectivity index (χ2v) is 4.79. The van der Waals surface area contributed by atoms with Crippen molar-refractivity contribution in [2.45, 2.75) is 19.5 Å².